The van der Waals surface area contributed by atoms with Crippen molar-refractivity contribution in [3.8, 4) is 11.4 Å². The maximum absolute atomic E-state index is 5.03. The first-order valence-corrected chi connectivity index (χ1v) is 10.5. The van der Waals surface area contributed by atoms with E-state index in [2.05, 4.69) is 28.2 Å². The van der Waals surface area contributed by atoms with Crippen LogP contribution in [0.4, 0.5) is 5.82 Å². The molecule has 4 aromatic rings. The highest BCUT2D eigenvalue weighted by Crippen LogP contribution is 2.39. The number of nitrogens with one attached hydrogen (secondary N) is 1. The fourth-order valence-electron chi connectivity index (χ4n) is 3.87. The van der Waals surface area contributed by atoms with Crippen molar-refractivity contribution in [2.45, 2.75) is 20.3 Å². The van der Waals surface area contributed by atoms with E-state index in [9.17, 15) is 0 Å². The third kappa shape index (κ3) is 3.00. The molecule has 0 radical (unpaired) electrons. The standard InChI is InChI=1S/C21H22N6S/c1-13-12-14(2)24-21-16(13)17-18(28-21)20(27-10-3-6-22-9-11-27)26-19(25-17)15-4-7-23-8-5-15/h4-5,7-8,12,22H,3,6,9-11H2,1-2H3. The number of nitrogens with zero attached hydrogens (tertiary/aromatic N) is 5. The molecule has 0 spiro atoms. The van der Waals surface area contributed by atoms with E-state index in [0.717, 1.165) is 75.9 Å². The quantitative estimate of drug-likeness (QED) is 0.563. The number of thiophene rings is 1. The molecular formula is C21H22N6S. The molecule has 0 aromatic carbocycles. The highest BCUT2D eigenvalue weighted by Gasteiger charge is 2.21. The van der Waals surface area contributed by atoms with Crippen LogP contribution in [0.15, 0.2) is 30.6 Å². The molecule has 0 amide bonds. The monoisotopic (exact) mass is 390 g/mol. The first kappa shape index (κ1) is 17.5. The smallest absolute Gasteiger partial charge is 0.162 e. The number of fused-ring (bicyclic) bond motifs is 3. The average molecular weight is 391 g/mol. The van der Waals surface area contributed by atoms with Crippen LogP contribution < -0.4 is 10.2 Å². The van der Waals surface area contributed by atoms with Crippen molar-refractivity contribution in [2.75, 3.05) is 31.1 Å². The number of hydrogen-bond donors (Lipinski definition) is 1. The van der Waals surface area contributed by atoms with Gasteiger partial charge in [-0.3, -0.25) is 4.98 Å². The van der Waals surface area contributed by atoms with E-state index in [1.165, 1.54) is 5.56 Å². The normalized spacial score (nSPS) is 15.3. The zero-order valence-electron chi connectivity index (χ0n) is 16.1. The topological polar surface area (TPSA) is 66.8 Å². The second kappa shape index (κ2) is 7.07. The van der Waals surface area contributed by atoms with Gasteiger partial charge in [0.2, 0.25) is 0 Å². The summed E-state index contributed by atoms with van der Waals surface area (Å²) in [6, 6.07) is 6.08. The highest BCUT2D eigenvalue weighted by molar-refractivity contribution is 7.26. The highest BCUT2D eigenvalue weighted by atomic mass is 32.1. The van der Waals surface area contributed by atoms with Crippen molar-refractivity contribution < 1.29 is 0 Å². The lowest BCUT2D eigenvalue weighted by Crippen LogP contribution is -2.28. The van der Waals surface area contributed by atoms with Gasteiger partial charge in [0.25, 0.3) is 0 Å². The molecule has 1 saturated heterocycles. The molecule has 1 aliphatic heterocycles. The molecule has 5 rings (SSSR count). The number of aryl methyl sites for hydroxylation is 2. The molecule has 142 valence electrons. The van der Waals surface area contributed by atoms with Crippen LogP contribution >= 0.6 is 11.3 Å². The van der Waals surface area contributed by atoms with Crippen molar-refractivity contribution in [3.05, 3.63) is 41.9 Å². The van der Waals surface area contributed by atoms with Crippen LogP contribution in [0.1, 0.15) is 17.7 Å². The van der Waals surface area contributed by atoms with E-state index in [1.54, 1.807) is 23.7 Å². The van der Waals surface area contributed by atoms with Gasteiger partial charge in [-0.2, -0.15) is 0 Å². The molecule has 28 heavy (non-hydrogen) atoms. The first-order valence-electron chi connectivity index (χ1n) is 9.65. The van der Waals surface area contributed by atoms with Crippen LogP contribution in [0.3, 0.4) is 0 Å². The summed E-state index contributed by atoms with van der Waals surface area (Å²) in [7, 11) is 0. The van der Waals surface area contributed by atoms with Crippen LogP contribution in [0, 0.1) is 13.8 Å². The summed E-state index contributed by atoms with van der Waals surface area (Å²) in [5.74, 6) is 1.78. The molecule has 4 aromatic heterocycles. The predicted molar refractivity (Wildman–Crippen MR) is 115 cm³/mol. The van der Waals surface area contributed by atoms with Crippen LogP contribution in [-0.4, -0.2) is 46.1 Å². The van der Waals surface area contributed by atoms with Gasteiger partial charge in [0.15, 0.2) is 11.6 Å². The Hall–Kier alpha value is -2.64. The molecule has 1 fully saturated rings. The van der Waals surface area contributed by atoms with Crippen LogP contribution in [0.25, 0.3) is 31.8 Å². The molecule has 1 aliphatic rings. The third-order valence-electron chi connectivity index (χ3n) is 5.17. The van der Waals surface area contributed by atoms with Gasteiger partial charge in [0.05, 0.1) is 10.2 Å². The summed E-state index contributed by atoms with van der Waals surface area (Å²) in [5.41, 5.74) is 4.26. The number of aromatic nitrogens is 4. The summed E-state index contributed by atoms with van der Waals surface area (Å²) < 4.78 is 1.14. The van der Waals surface area contributed by atoms with E-state index < -0.39 is 0 Å². The molecule has 0 aliphatic carbocycles. The van der Waals surface area contributed by atoms with Crippen molar-refractivity contribution in [3.63, 3.8) is 0 Å². The largest absolute Gasteiger partial charge is 0.354 e. The first-order chi connectivity index (χ1) is 13.7. The van der Waals surface area contributed by atoms with Gasteiger partial charge in [-0.05, 0) is 50.6 Å². The maximum Gasteiger partial charge on any atom is 0.162 e. The lowest BCUT2D eigenvalue weighted by Gasteiger charge is -2.22. The van der Waals surface area contributed by atoms with Crippen molar-refractivity contribution >= 4 is 37.6 Å². The number of anilines is 1. The van der Waals surface area contributed by atoms with Crippen LogP contribution in [0.2, 0.25) is 0 Å². The Morgan fingerprint density at radius 1 is 1.04 bits per heavy atom. The minimum Gasteiger partial charge on any atom is -0.354 e. The Bertz CT molecular complexity index is 1150. The summed E-state index contributed by atoms with van der Waals surface area (Å²) in [6.45, 7) is 8.15. The summed E-state index contributed by atoms with van der Waals surface area (Å²) in [5, 5.41) is 4.63. The fraction of sp³-hybridized carbons (Fsp3) is 0.333. The number of pyridine rings is 2. The van der Waals surface area contributed by atoms with Crippen molar-refractivity contribution in [1.29, 1.82) is 0 Å². The zero-order chi connectivity index (χ0) is 19.1. The molecule has 0 saturated carbocycles. The Balaban J connectivity index is 1.81. The molecule has 0 atom stereocenters. The lowest BCUT2D eigenvalue weighted by atomic mass is 10.1. The van der Waals surface area contributed by atoms with Crippen molar-refractivity contribution in [2.24, 2.45) is 0 Å². The molecule has 0 unspecified atom stereocenters. The molecule has 5 heterocycles. The van der Waals surface area contributed by atoms with E-state index in [-0.39, 0.29) is 0 Å². The van der Waals surface area contributed by atoms with E-state index in [0.29, 0.717) is 0 Å². The van der Waals surface area contributed by atoms with E-state index in [1.807, 2.05) is 19.1 Å². The van der Waals surface area contributed by atoms with E-state index in [4.69, 9.17) is 15.0 Å². The minimum absolute atomic E-state index is 0.752. The van der Waals surface area contributed by atoms with Gasteiger partial charge in [0.1, 0.15) is 4.83 Å². The summed E-state index contributed by atoms with van der Waals surface area (Å²) in [6.07, 6.45) is 4.69. The van der Waals surface area contributed by atoms with Crippen LogP contribution in [-0.2, 0) is 0 Å². The van der Waals surface area contributed by atoms with Gasteiger partial charge in [-0.15, -0.1) is 11.3 Å². The number of hydrogen-bond acceptors (Lipinski definition) is 7. The maximum atomic E-state index is 5.03. The zero-order valence-corrected chi connectivity index (χ0v) is 16.9. The van der Waals surface area contributed by atoms with Gasteiger partial charge in [0, 0.05) is 48.7 Å². The van der Waals surface area contributed by atoms with Gasteiger partial charge >= 0.3 is 0 Å². The molecule has 6 nitrogen and oxygen atoms in total. The molecule has 1 N–H and O–H groups in total. The van der Waals surface area contributed by atoms with Gasteiger partial charge < -0.3 is 10.2 Å². The van der Waals surface area contributed by atoms with E-state index >= 15 is 0 Å². The Labute approximate surface area is 167 Å². The minimum atomic E-state index is 0.752. The fourth-order valence-corrected chi connectivity index (χ4v) is 5.12. The number of rotatable bonds is 2. The Morgan fingerprint density at radius 2 is 1.89 bits per heavy atom. The molecular weight excluding hydrogens is 368 g/mol. The second-order valence-corrected chi connectivity index (χ2v) is 8.24. The summed E-state index contributed by atoms with van der Waals surface area (Å²) in [4.78, 5) is 22.4. The average Bonchev–Trinajstić information content (AvgIpc) is 2.87. The van der Waals surface area contributed by atoms with Crippen molar-refractivity contribution in [1.82, 2.24) is 25.3 Å². The molecule has 7 heteroatoms. The molecule has 0 bridgehead atoms. The Morgan fingerprint density at radius 3 is 2.75 bits per heavy atom. The Kier molecular flexibility index (Phi) is 4.41. The van der Waals surface area contributed by atoms with Crippen LogP contribution in [0.5, 0.6) is 0 Å². The lowest BCUT2D eigenvalue weighted by molar-refractivity contribution is 0.724. The SMILES string of the molecule is Cc1cc(C)c2c(n1)sc1c(N3CCCNCC3)nc(-c3ccncc3)nc12. The van der Waals surface area contributed by atoms with Gasteiger partial charge in [-0.25, -0.2) is 15.0 Å². The van der Waals surface area contributed by atoms with Gasteiger partial charge in [-0.1, -0.05) is 0 Å². The third-order valence-corrected chi connectivity index (χ3v) is 6.24. The predicted octanol–water partition coefficient (Wildman–Crippen LogP) is 3.72. The second-order valence-electron chi connectivity index (χ2n) is 7.24. The summed E-state index contributed by atoms with van der Waals surface area (Å²) >= 11 is 1.71.